The second-order valence-electron chi connectivity index (χ2n) is 3.73. The number of benzene rings is 1. The fourth-order valence-corrected chi connectivity index (χ4v) is 1.87. The summed E-state index contributed by atoms with van der Waals surface area (Å²) >= 11 is 0. The first-order valence-corrected chi connectivity index (χ1v) is 5.48. The van der Waals surface area contributed by atoms with Crippen molar-refractivity contribution in [1.29, 1.82) is 0 Å². The van der Waals surface area contributed by atoms with Crippen molar-refractivity contribution >= 4 is 5.91 Å². The van der Waals surface area contributed by atoms with Crippen molar-refractivity contribution < 1.29 is 4.79 Å². The summed E-state index contributed by atoms with van der Waals surface area (Å²) in [5.41, 5.74) is 4.37. The van der Waals surface area contributed by atoms with Crippen molar-refractivity contribution in [1.82, 2.24) is 5.32 Å². The van der Waals surface area contributed by atoms with Crippen LogP contribution in [0.3, 0.4) is 0 Å². The zero-order chi connectivity index (χ0) is 11.4. The van der Waals surface area contributed by atoms with E-state index in [4.69, 9.17) is 0 Å². The molecule has 0 heterocycles. The number of amides is 1. The van der Waals surface area contributed by atoms with Crippen LogP contribution in [0.5, 0.6) is 0 Å². The molecule has 0 aliphatic carbocycles. The fraction of sp³-hybridized carbons (Fsp3) is 0.462. The molecule has 0 unspecified atom stereocenters. The van der Waals surface area contributed by atoms with Gasteiger partial charge in [0, 0.05) is 12.6 Å². The first kappa shape index (κ1) is 11.8. The van der Waals surface area contributed by atoms with Gasteiger partial charge in [-0.2, -0.15) is 0 Å². The van der Waals surface area contributed by atoms with Gasteiger partial charge in [0.1, 0.15) is 0 Å². The zero-order valence-corrected chi connectivity index (χ0v) is 9.98. The third kappa shape index (κ3) is 2.38. The highest BCUT2D eigenvalue weighted by Crippen LogP contribution is 2.18. The van der Waals surface area contributed by atoms with Gasteiger partial charge in [-0.05, 0) is 36.5 Å². The molecular weight excluding hydrogens is 186 g/mol. The molecular formula is C13H19NO. The quantitative estimate of drug-likeness (QED) is 0.807. The summed E-state index contributed by atoms with van der Waals surface area (Å²) in [6, 6.07) is 4.24. The third-order valence-electron chi connectivity index (χ3n) is 2.72. The number of carbonyl (C=O) groups excluding carboxylic acids is 1. The van der Waals surface area contributed by atoms with Gasteiger partial charge in [0.15, 0.2) is 0 Å². The van der Waals surface area contributed by atoms with Gasteiger partial charge in [-0.15, -0.1) is 0 Å². The molecule has 0 spiro atoms. The summed E-state index contributed by atoms with van der Waals surface area (Å²) < 4.78 is 0. The monoisotopic (exact) mass is 205 g/mol. The van der Waals surface area contributed by atoms with Crippen LogP contribution < -0.4 is 5.32 Å². The smallest absolute Gasteiger partial charge is 0.251 e. The molecule has 0 aliphatic heterocycles. The van der Waals surface area contributed by atoms with Crippen molar-refractivity contribution in [3.8, 4) is 0 Å². The van der Waals surface area contributed by atoms with E-state index in [-0.39, 0.29) is 5.91 Å². The second kappa shape index (κ2) is 4.96. The van der Waals surface area contributed by atoms with Crippen LogP contribution in [0.1, 0.15) is 40.9 Å². The van der Waals surface area contributed by atoms with Gasteiger partial charge in [-0.3, -0.25) is 4.79 Å². The Kier molecular flexibility index (Phi) is 3.89. The van der Waals surface area contributed by atoms with Crippen LogP contribution >= 0.6 is 0 Å². The number of rotatable bonds is 3. The standard InChI is InChI=1S/C13H19NO/c1-5-10-7-9(3)12(13(15)14-4)11(6-2)8-10/h7-8H,5-6H2,1-4H3,(H,14,15). The first-order chi connectivity index (χ1) is 7.13. The van der Waals surface area contributed by atoms with Crippen molar-refractivity contribution in [2.45, 2.75) is 33.6 Å². The highest BCUT2D eigenvalue weighted by atomic mass is 16.1. The lowest BCUT2D eigenvalue weighted by atomic mass is 9.95. The molecule has 0 radical (unpaired) electrons. The summed E-state index contributed by atoms with van der Waals surface area (Å²) in [5, 5.41) is 2.70. The van der Waals surface area contributed by atoms with Crippen LogP contribution in [0, 0.1) is 6.92 Å². The average molecular weight is 205 g/mol. The third-order valence-corrected chi connectivity index (χ3v) is 2.72. The van der Waals surface area contributed by atoms with E-state index in [1.165, 1.54) is 5.56 Å². The molecule has 0 aromatic heterocycles. The van der Waals surface area contributed by atoms with E-state index >= 15 is 0 Å². The topological polar surface area (TPSA) is 29.1 Å². The summed E-state index contributed by atoms with van der Waals surface area (Å²) in [5.74, 6) is 0.0204. The first-order valence-electron chi connectivity index (χ1n) is 5.48. The van der Waals surface area contributed by atoms with Crippen LogP contribution in [0.15, 0.2) is 12.1 Å². The zero-order valence-electron chi connectivity index (χ0n) is 9.98. The average Bonchev–Trinajstić information content (AvgIpc) is 2.26. The predicted octanol–water partition coefficient (Wildman–Crippen LogP) is 2.48. The number of hydrogen-bond donors (Lipinski definition) is 1. The van der Waals surface area contributed by atoms with E-state index in [1.807, 2.05) is 6.92 Å². The van der Waals surface area contributed by atoms with Crippen LogP contribution in [-0.4, -0.2) is 13.0 Å². The fourth-order valence-electron chi connectivity index (χ4n) is 1.87. The number of carbonyl (C=O) groups is 1. The molecule has 2 heteroatoms. The summed E-state index contributed by atoms with van der Waals surface area (Å²) in [6.45, 7) is 6.22. The van der Waals surface area contributed by atoms with Crippen molar-refractivity contribution in [2.75, 3.05) is 7.05 Å². The lowest BCUT2D eigenvalue weighted by Gasteiger charge is -2.12. The minimum absolute atomic E-state index is 0.0204. The Morgan fingerprint density at radius 1 is 1.27 bits per heavy atom. The van der Waals surface area contributed by atoms with Crippen molar-refractivity contribution in [3.05, 3.63) is 34.4 Å². The lowest BCUT2D eigenvalue weighted by Crippen LogP contribution is -2.21. The van der Waals surface area contributed by atoms with Gasteiger partial charge in [0.05, 0.1) is 0 Å². The van der Waals surface area contributed by atoms with E-state index in [9.17, 15) is 4.79 Å². The van der Waals surface area contributed by atoms with Crippen molar-refractivity contribution in [2.24, 2.45) is 0 Å². The summed E-state index contributed by atoms with van der Waals surface area (Å²) in [6.07, 6.45) is 1.92. The molecule has 0 bridgehead atoms. The second-order valence-corrected chi connectivity index (χ2v) is 3.73. The van der Waals surface area contributed by atoms with Crippen LogP contribution in [0.4, 0.5) is 0 Å². The number of hydrogen-bond acceptors (Lipinski definition) is 1. The minimum Gasteiger partial charge on any atom is -0.355 e. The van der Waals surface area contributed by atoms with Crippen LogP contribution in [0.2, 0.25) is 0 Å². The highest BCUT2D eigenvalue weighted by molar-refractivity contribution is 5.97. The minimum atomic E-state index is 0.0204. The highest BCUT2D eigenvalue weighted by Gasteiger charge is 2.12. The van der Waals surface area contributed by atoms with Crippen LogP contribution in [-0.2, 0) is 12.8 Å². The van der Waals surface area contributed by atoms with E-state index < -0.39 is 0 Å². The van der Waals surface area contributed by atoms with E-state index in [2.05, 4.69) is 31.3 Å². The number of aryl methyl sites for hydroxylation is 3. The summed E-state index contributed by atoms with van der Waals surface area (Å²) in [7, 11) is 1.68. The van der Waals surface area contributed by atoms with Gasteiger partial charge in [0.2, 0.25) is 0 Å². The molecule has 1 aromatic rings. The van der Waals surface area contributed by atoms with Crippen LogP contribution in [0.25, 0.3) is 0 Å². The van der Waals surface area contributed by atoms with E-state index in [0.717, 1.165) is 29.5 Å². The molecule has 1 N–H and O–H groups in total. The summed E-state index contributed by atoms with van der Waals surface area (Å²) in [4.78, 5) is 11.7. The van der Waals surface area contributed by atoms with Gasteiger partial charge in [-0.1, -0.05) is 26.0 Å². The maximum Gasteiger partial charge on any atom is 0.251 e. The number of nitrogens with one attached hydrogen (secondary N) is 1. The Bertz CT molecular complexity index is 369. The SMILES string of the molecule is CCc1cc(C)c(C(=O)NC)c(CC)c1. The van der Waals surface area contributed by atoms with Gasteiger partial charge in [-0.25, -0.2) is 0 Å². The maximum atomic E-state index is 11.7. The molecule has 82 valence electrons. The van der Waals surface area contributed by atoms with Gasteiger partial charge < -0.3 is 5.32 Å². The van der Waals surface area contributed by atoms with Gasteiger partial charge >= 0.3 is 0 Å². The molecule has 0 aliphatic rings. The Hall–Kier alpha value is -1.31. The molecule has 1 aromatic carbocycles. The van der Waals surface area contributed by atoms with Gasteiger partial charge in [0.25, 0.3) is 5.91 Å². The Morgan fingerprint density at radius 2 is 1.93 bits per heavy atom. The molecule has 1 rings (SSSR count). The largest absolute Gasteiger partial charge is 0.355 e. The molecule has 0 atom stereocenters. The molecule has 0 fully saturated rings. The molecule has 2 nitrogen and oxygen atoms in total. The Morgan fingerprint density at radius 3 is 2.40 bits per heavy atom. The molecule has 0 saturated carbocycles. The maximum absolute atomic E-state index is 11.7. The molecule has 1 amide bonds. The Labute approximate surface area is 91.7 Å². The van der Waals surface area contributed by atoms with E-state index in [0.29, 0.717) is 0 Å². The molecule has 15 heavy (non-hydrogen) atoms. The lowest BCUT2D eigenvalue weighted by molar-refractivity contribution is 0.0961. The normalized spacial score (nSPS) is 10.1. The van der Waals surface area contributed by atoms with Crippen molar-refractivity contribution in [3.63, 3.8) is 0 Å². The predicted molar refractivity (Wildman–Crippen MR) is 63.3 cm³/mol. The van der Waals surface area contributed by atoms with E-state index in [1.54, 1.807) is 7.05 Å². The Balaban J connectivity index is 3.30. The molecule has 0 saturated heterocycles.